The first-order chi connectivity index (χ1) is 10.1. The zero-order chi connectivity index (χ0) is 14.8. The number of hydrogen-bond acceptors (Lipinski definition) is 4. The van der Waals surface area contributed by atoms with E-state index in [9.17, 15) is 9.59 Å². The molecule has 0 atom stereocenters. The first-order valence-electron chi connectivity index (χ1n) is 6.17. The minimum atomic E-state index is -1.08. The van der Waals surface area contributed by atoms with E-state index >= 15 is 0 Å². The lowest BCUT2D eigenvalue weighted by molar-refractivity contribution is -0.115. The lowest BCUT2D eigenvalue weighted by Crippen LogP contribution is -2.16. The van der Waals surface area contributed by atoms with Crippen LogP contribution in [-0.4, -0.2) is 26.4 Å². The van der Waals surface area contributed by atoms with Crippen LogP contribution >= 0.6 is 11.3 Å². The average Bonchev–Trinajstić information content (AvgIpc) is 2.99. The minimum Gasteiger partial charge on any atom is -0.478 e. The number of thiazole rings is 1. The van der Waals surface area contributed by atoms with Crippen LogP contribution in [0.5, 0.6) is 0 Å². The van der Waals surface area contributed by atoms with Gasteiger partial charge in [-0.05, 0) is 12.1 Å². The zero-order valence-electron chi connectivity index (χ0n) is 10.8. The van der Waals surface area contributed by atoms with Crippen molar-refractivity contribution in [3.63, 3.8) is 0 Å². The highest BCUT2D eigenvalue weighted by Gasteiger charge is 2.13. The van der Waals surface area contributed by atoms with Gasteiger partial charge in [0, 0.05) is 17.8 Å². The van der Waals surface area contributed by atoms with Gasteiger partial charge in [-0.15, -0.1) is 11.3 Å². The van der Waals surface area contributed by atoms with Crippen LogP contribution in [0.1, 0.15) is 16.1 Å². The first kappa shape index (κ1) is 13.3. The number of rotatable bonds is 4. The number of imidazole rings is 1. The Kier molecular flexibility index (Phi) is 3.41. The molecule has 2 aromatic heterocycles. The third-order valence-corrected chi connectivity index (χ3v) is 3.69. The van der Waals surface area contributed by atoms with Crippen molar-refractivity contribution in [2.45, 2.75) is 6.42 Å². The molecule has 0 radical (unpaired) electrons. The number of amides is 1. The molecule has 0 aliphatic heterocycles. The van der Waals surface area contributed by atoms with Gasteiger partial charge in [0.15, 0.2) is 4.96 Å². The summed E-state index contributed by atoms with van der Waals surface area (Å²) in [6, 6.07) is 6.30. The molecule has 6 nitrogen and oxygen atoms in total. The molecule has 0 aliphatic rings. The molecule has 0 saturated heterocycles. The summed E-state index contributed by atoms with van der Waals surface area (Å²) in [5.41, 5.74) is 1.000. The predicted molar refractivity (Wildman–Crippen MR) is 78.8 cm³/mol. The van der Waals surface area contributed by atoms with Crippen LogP contribution in [0.15, 0.2) is 42.0 Å². The van der Waals surface area contributed by atoms with Crippen LogP contribution in [0.4, 0.5) is 5.69 Å². The van der Waals surface area contributed by atoms with Gasteiger partial charge in [0.1, 0.15) is 0 Å². The molecule has 1 aromatic carbocycles. The number of carboxylic acid groups (broad SMARTS) is 1. The first-order valence-corrected chi connectivity index (χ1v) is 7.05. The highest BCUT2D eigenvalue weighted by atomic mass is 32.1. The Balaban J connectivity index is 1.75. The molecule has 21 heavy (non-hydrogen) atoms. The van der Waals surface area contributed by atoms with Gasteiger partial charge in [0.2, 0.25) is 5.91 Å². The topological polar surface area (TPSA) is 83.7 Å². The third kappa shape index (κ3) is 2.77. The van der Waals surface area contributed by atoms with Crippen LogP contribution in [0, 0.1) is 0 Å². The number of nitrogens with zero attached hydrogens (tertiary/aromatic N) is 2. The van der Waals surface area contributed by atoms with Gasteiger partial charge < -0.3 is 10.4 Å². The molecule has 2 heterocycles. The number of carbonyl (C=O) groups excluding carboxylic acids is 1. The van der Waals surface area contributed by atoms with Crippen molar-refractivity contribution < 1.29 is 14.7 Å². The Morgan fingerprint density at radius 3 is 2.90 bits per heavy atom. The van der Waals surface area contributed by atoms with Crippen molar-refractivity contribution in [2.24, 2.45) is 0 Å². The van der Waals surface area contributed by atoms with E-state index < -0.39 is 5.97 Å². The van der Waals surface area contributed by atoms with Crippen molar-refractivity contribution in [1.82, 2.24) is 9.38 Å². The molecule has 0 fully saturated rings. The van der Waals surface area contributed by atoms with E-state index in [2.05, 4.69) is 10.3 Å². The summed E-state index contributed by atoms with van der Waals surface area (Å²) in [6.07, 6.45) is 3.75. The van der Waals surface area contributed by atoms with E-state index in [1.165, 1.54) is 17.4 Å². The maximum absolute atomic E-state index is 12.0. The van der Waals surface area contributed by atoms with Crippen LogP contribution < -0.4 is 5.32 Å². The van der Waals surface area contributed by atoms with E-state index in [1.807, 2.05) is 16.0 Å². The fourth-order valence-corrected chi connectivity index (χ4v) is 2.72. The molecule has 3 aromatic rings. The lowest BCUT2D eigenvalue weighted by Gasteiger charge is -2.07. The maximum atomic E-state index is 12.0. The summed E-state index contributed by atoms with van der Waals surface area (Å²) in [5.74, 6) is -1.37. The molecule has 0 bridgehead atoms. The number of benzene rings is 1. The van der Waals surface area contributed by atoms with Gasteiger partial charge in [-0.2, -0.15) is 0 Å². The summed E-state index contributed by atoms with van der Waals surface area (Å²) in [4.78, 5) is 28.2. The third-order valence-electron chi connectivity index (χ3n) is 2.92. The number of carboxylic acids is 1. The lowest BCUT2D eigenvalue weighted by atomic mass is 10.1. The summed E-state index contributed by atoms with van der Waals surface area (Å²) >= 11 is 1.49. The van der Waals surface area contributed by atoms with E-state index in [0.29, 0.717) is 5.69 Å². The molecule has 7 heteroatoms. The monoisotopic (exact) mass is 301 g/mol. The number of carbonyl (C=O) groups is 2. The Bertz CT molecular complexity index is 793. The van der Waals surface area contributed by atoms with E-state index in [1.54, 1.807) is 24.4 Å². The van der Waals surface area contributed by atoms with Gasteiger partial charge in [0.05, 0.1) is 23.4 Å². The van der Waals surface area contributed by atoms with Gasteiger partial charge in [-0.3, -0.25) is 9.20 Å². The molecule has 0 aliphatic carbocycles. The Labute approximate surface area is 123 Å². The number of para-hydroxylation sites is 1. The molecule has 0 saturated carbocycles. The van der Waals surface area contributed by atoms with Crippen LogP contribution in [0.25, 0.3) is 4.96 Å². The molecule has 0 spiro atoms. The van der Waals surface area contributed by atoms with Crippen LogP contribution in [-0.2, 0) is 11.2 Å². The zero-order valence-corrected chi connectivity index (χ0v) is 11.6. The second-order valence-electron chi connectivity index (χ2n) is 4.40. The number of aromatic carboxylic acids is 1. The Hall–Kier alpha value is -2.67. The second kappa shape index (κ2) is 5.37. The van der Waals surface area contributed by atoms with Crippen molar-refractivity contribution in [3.05, 3.63) is 53.3 Å². The summed E-state index contributed by atoms with van der Waals surface area (Å²) in [5, 5.41) is 13.6. The van der Waals surface area contributed by atoms with E-state index in [4.69, 9.17) is 5.11 Å². The molecular weight excluding hydrogens is 290 g/mol. The maximum Gasteiger partial charge on any atom is 0.337 e. The molecule has 3 rings (SSSR count). The smallest absolute Gasteiger partial charge is 0.337 e. The molecule has 1 amide bonds. The minimum absolute atomic E-state index is 0.0664. The number of aromatic nitrogens is 2. The molecule has 2 N–H and O–H groups in total. The number of nitrogens with one attached hydrogen (secondary N) is 1. The number of anilines is 1. The molecule has 0 unspecified atom stereocenters. The van der Waals surface area contributed by atoms with Crippen molar-refractivity contribution in [2.75, 3.05) is 5.32 Å². The summed E-state index contributed by atoms with van der Waals surface area (Å²) < 4.78 is 1.85. The highest BCUT2D eigenvalue weighted by Crippen LogP contribution is 2.16. The fraction of sp³-hybridized carbons (Fsp3) is 0.0714. The number of fused-ring (bicyclic) bond motifs is 1. The molecular formula is C14H11N3O3S. The van der Waals surface area contributed by atoms with Crippen molar-refractivity contribution >= 4 is 33.9 Å². The second-order valence-corrected chi connectivity index (χ2v) is 5.27. The Morgan fingerprint density at radius 1 is 1.33 bits per heavy atom. The predicted octanol–water partition coefficient (Wildman–Crippen LogP) is 2.28. The average molecular weight is 301 g/mol. The molecule has 106 valence electrons. The largest absolute Gasteiger partial charge is 0.478 e. The van der Waals surface area contributed by atoms with Crippen molar-refractivity contribution in [1.29, 1.82) is 0 Å². The van der Waals surface area contributed by atoms with Crippen LogP contribution in [0.2, 0.25) is 0 Å². The summed E-state index contributed by atoms with van der Waals surface area (Å²) in [7, 11) is 0. The van der Waals surface area contributed by atoms with Gasteiger partial charge >= 0.3 is 5.97 Å². The van der Waals surface area contributed by atoms with Gasteiger partial charge in [-0.1, -0.05) is 12.1 Å². The van der Waals surface area contributed by atoms with E-state index in [0.717, 1.165) is 4.96 Å². The standard InChI is InChI=1S/C14H11N3O3S/c18-12(7-9-8-17-5-6-21-14(17)15-9)16-11-4-2-1-3-10(11)13(19)20/h1-6,8H,7H2,(H,16,18)(H,19,20). The SMILES string of the molecule is O=C(Cc1cn2ccsc2n1)Nc1ccccc1C(=O)O. The van der Waals surface area contributed by atoms with Crippen molar-refractivity contribution in [3.8, 4) is 0 Å². The number of hydrogen-bond donors (Lipinski definition) is 2. The Morgan fingerprint density at radius 2 is 2.14 bits per heavy atom. The summed E-state index contributed by atoms with van der Waals surface area (Å²) in [6.45, 7) is 0. The van der Waals surface area contributed by atoms with Crippen LogP contribution in [0.3, 0.4) is 0 Å². The van der Waals surface area contributed by atoms with Gasteiger partial charge in [-0.25, -0.2) is 9.78 Å². The van der Waals surface area contributed by atoms with E-state index in [-0.39, 0.29) is 23.6 Å². The normalized spacial score (nSPS) is 10.7. The fourth-order valence-electron chi connectivity index (χ4n) is 2.00. The quantitative estimate of drug-likeness (QED) is 0.774. The van der Waals surface area contributed by atoms with Gasteiger partial charge in [0.25, 0.3) is 0 Å². The highest BCUT2D eigenvalue weighted by molar-refractivity contribution is 7.15.